The van der Waals surface area contributed by atoms with Crippen molar-refractivity contribution < 1.29 is 30.0 Å². The van der Waals surface area contributed by atoms with Crippen molar-refractivity contribution in [3.8, 4) is 0 Å². The molecule has 110 valence electrons. The van der Waals surface area contributed by atoms with Crippen LogP contribution in [0.25, 0.3) is 0 Å². The van der Waals surface area contributed by atoms with Crippen molar-refractivity contribution >= 4 is 37.2 Å². The standard InChI is InChI=1S/C4H10O2.2C3H6O2S/c1-2-3-4(5)6;2*1-2(6)3(4)5/h4-6H,2-3H2,1H3;2*2,6H,1H3,(H,4,5). The largest absolute Gasteiger partial charge is 0.480 e. The van der Waals surface area contributed by atoms with Gasteiger partial charge in [-0.1, -0.05) is 13.3 Å². The van der Waals surface area contributed by atoms with Crippen LogP contribution in [-0.2, 0) is 9.59 Å². The van der Waals surface area contributed by atoms with Gasteiger partial charge in [-0.25, -0.2) is 0 Å². The molecule has 0 heterocycles. The summed E-state index contributed by atoms with van der Waals surface area (Å²) in [5.41, 5.74) is 0. The van der Waals surface area contributed by atoms with Gasteiger partial charge in [-0.3, -0.25) is 9.59 Å². The summed E-state index contributed by atoms with van der Waals surface area (Å²) >= 11 is 7.19. The first-order valence-corrected chi connectivity index (χ1v) is 6.27. The molecule has 0 aromatic carbocycles. The third-order valence-corrected chi connectivity index (χ3v) is 1.70. The fourth-order valence-corrected chi connectivity index (χ4v) is 0.258. The number of carboxylic acids is 2. The van der Waals surface area contributed by atoms with Crippen molar-refractivity contribution in [3.63, 3.8) is 0 Å². The van der Waals surface area contributed by atoms with Crippen LogP contribution >= 0.6 is 25.3 Å². The number of thiol groups is 2. The molecule has 0 saturated heterocycles. The molecule has 0 aliphatic rings. The van der Waals surface area contributed by atoms with Gasteiger partial charge in [0.05, 0.1) is 10.5 Å². The lowest BCUT2D eigenvalue weighted by Gasteiger charge is -1.94. The first-order valence-electron chi connectivity index (χ1n) is 5.24. The van der Waals surface area contributed by atoms with Gasteiger partial charge in [0.15, 0.2) is 6.29 Å². The average molecular weight is 302 g/mol. The molecule has 2 atom stereocenters. The molecule has 4 N–H and O–H groups in total. The predicted molar refractivity (Wildman–Crippen MR) is 75.3 cm³/mol. The summed E-state index contributed by atoms with van der Waals surface area (Å²) in [4.78, 5) is 19.2. The van der Waals surface area contributed by atoms with Gasteiger partial charge in [0, 0.05) is 0 Å². The summed E-state index contributed by atoms with van der Waals surface area (Å²) in [5, 5.41) is 31.0. The molecule has 6 nitrogen and oxygen atoms in total. The Labute approximate surface area is 118 Å². The van der Waals surface area contributed by atoms with E-state index in [0.717, 1.165) is 6.42 Å². The van der Waals surface area contributed by atoms with Gasteiger partial charge in [-0.15, -0.1) is 0 Å². The average Bonchev–Trinajstić information content (AvgIpc) is 2.18. The lowest BCUT2D eigenvalue weighted by atomic mass is 10.3. The van der Waals surface area contributed by atoms with Crippen LogP contribution in [0.1, 0.15) is 33.6 Å². The van der Waals surface area contributed by atoms with Crippen molar-refractivity contribution in [2.45, 2.75) is 50.4 Å². The number of rotatable bonds is 4. The molecule has 2 unspecified atom stereocenters. The second-order valence-corrected chi connectivity index (χ2v) is 4.85. The van der Waals surface area contributed by atoms with Crippen molar-refractivity contribution in [2.24, 2.45) is 0 Å². The summed E-state index contributed by atoms with van der Waals surface area (Å²) in [7, 11) is 0. The number of carboxylic acid groups (broad SMARTS) is 2. The molecule has 0 aromatic heterocycles. The Bertz CT molecular complexity index is 200. The van der Waals surface area contributed by atoms with Crippen LogP contribution in [0.2, 0.25) is 0 Å². The minimum Gasteiger partial charge on any atom is -0.480 e. The van der Waals surface area contributed by atoms with Crippen LogP contribution in [0.5, 0.6) is 0 Å². The Morgan fingerprint density at radius 2 is 1.22 bits per heavy atom. The first kappa shape index (κ1) is 22.7. The highest BCUT2D eigenvalue weighted by atomic mass is 32.1. The molecule has 0 aliphatic carbocycles. The summed E-state index contributed by atoms with van der Waals surface area (Å²) < 4.78 is 0. The maximum absolute atomic E-state index is 9.62. The summed E-state index contributed by atoms with van der Waals surface area (Å²) in [6.45, 7) is 4.91. The zero-order valence-corrected chi connectivity index (χ0v) is 12.4. The number of hydrogen-bond donors (Lipinski definition) is 6. The molecule has 0 radical (unpaired) electrons. The van der Waals surface area contributed by atoms with Gasteiger partial charge in [0.2, 0.25) is 0 Å². The van der Waals surface area contributed by atoms with E-state index >= 15 is 0 Å². The fraction of sp³-hybridized carbons (Fsp3) is 0.800. The number of carbonyl (C=O) groups is 2. The van der Waals surface area contributed by atoms with Crippen LogP contribution in [0.4, 0.5) is 0 Å². The van der Waals surface area contributed by atoms with Crippen molar-refractivity contribution in [1.82, 2.24) is 0 Å². The van der Waals surface area contributed by atoms with E-state index in [9.17, 15) is 9.59 Å². The van der Waals surface area contributed by atoms with Crippen molar-refractivity contribution in [2.75, 3.05) is 0 Å². The topological polar surface area (TPSA) is 115 Å². The van der Waals surface area contributed by atoms with E-state index in [1.54, 1.807) is 0 Å². The van der Waals surface area contributed by atoms with E-state index in [4.69, 9.17) is 20.4 Å². The van der Waals surface area contributed by atoms with Gasteiger partial charge < -0.3 is 20.4 Å². The lowest BCUT2D eigenvalue weighted by Crippen LogP contribution is -2.06. The maximum atomic E-state index is 9.62. The van der Waals surface area contributed by atoms with Crippen LogP contribution < -0.4 is 0 Å². The van der Waals surface area contributed by atoms with Gasteiger partial charge in [-0.2, -0.15) is 25.3 Å². The van der Waals surface area contributed by atoms with E-state index in [1.165, 1.54) is 13.8 Å². The van der Waals surface area contributed by atoms with Gasteiger partial charge >= 0.3 is 11.9 Å². The highest BCUT2D eigenvalue weighted by molar-refractivity contribution is 7.81. The predicted octanol–water partition coefficient (Wildman–Crippen LogP) is 0.876. The second kappa shape index (κ2) is 14.6. The van der Waals surface area contributed by atoms with Gasteiger partial charge in [-0.05, 0) is 20.3 Å². The molecule has 18 heavy (non-hydrogen) atoms. The fourth-order valence-electron chi connectivity index (χ4n) is 0.258. The van der Waals surface area contributed by atoms with Crippen LogP contribution in [-0.4, -0.2) is 49.2 Å². The molecule has 8 heteroatoms. The third-order valence-electron chi connectivity index (χ3n) is 1.26. The molecule has 0 fully saturated rings. The Hall–Kier alpha value is -0.440. The Morgan fingerprint density at radius 3 is 1.22 bits per heavy atom. The minimum atomic E-state index is -1.10. The highest BCUT2D eigenvalue weighted by Gasteiger charge is 2.00. The van der Waals surface area contributed by atoms with Crippen LogP contribution in [0.15, 0.2) is 0 Å². The Morgan fingerprint density at radius 1 is 1.00 bits per heavy atom. The molecule has 0 rings (SSSR count). The van der Waals surface area contributed by atoms with E-state index in [1.807, 2.05) is 6.92 Å². The van der Waals surface area contributed by atoms with E-state index in [-0.39, 0.29) is 0 Å². The van der Waals surface area contributed by atoms with E-state index in [2.05, 4.69) is 25.3 Å². The summed E-state index contributed by atoms with van der Waals surface area (Å²) in [6.07, 6.45) is 0.215. The first-order chi connectivity index (χ1) is 8.06. The minimum absolute atomic E-state index is 0.486. The lowest BCUT2D eigenvalue weighted by molar-refractivity contribution is -0.137. The third kappa shape index (κ3) is 29.6. The molecule has 0 saturated carbocycles. The number of aliphatic hydroxyl groups is 2. The molecule has 0 spiro atoms. The molecule has 0 bridgehead atoms. The Kier molecular flexibility index (Phi) is 18.5. The van der Waals surface area contributed by atoms with Crippen LogP contribution in [0, 0.1) is 0 Å². The maximum Gasteiger partial charge on any atom is 0.316 e. The number of aliphatic hydroxyl groups excluding tert-OH is 1. The zero-order chi connectivity index (χ0) is 15.3. The normalized spacial score (nSPS) is 12.4. The number of hydrogen-bond acceptors (Lipinski definition) is 6. The molecular formula is C10H22O6S2. The van der Waals surface area contributed by atoms with Crippen molar-refractivity contribution in [3.05, 3.63) is 0 Å². The number of aliphatic carboxylic acids is 2. The van der Waals surface area contributed by atoms with Gasteiger partial charge in [0.25, 0.3) is 0 Å². The summed E-state index contributed by atoms with van der Waals surface area (Å²) in [5.74, 6) is -1.75. The smallest absolute Gasteiger partial charge is 0.316 e. The van der Waals surface area contributed by atoms with E-state index < -0.39 is 28.7 Å². The van der Waals surface area contributed by atoms with Gasteiger partial charge in [0.1, 0.15) is 0 Å². The van der Waals surface area contributed by atoms with E-state index in [0.29, 0.717) is 6.42 Å². The Balaban J connectivity index is -0.000000187. The summed E-state index contributed by atoms with van der Waals surface area (Å²) in [6, 6.07) is 0. The molecule has 0 aliphatic heterocycles. The highest BCUT2D eigenvalue weighted by Crippen LogP contribution is 1.89. The SMILES string of the molecule is CC(S)C(=O)O.CC(S)C(=O)O.CCCC(O)O. The monoisotopic (exact) mass is 302 g/mol. The molecule has 0 aromatic rings. The zero-order valence-electron chi connectivity index (χ0n) is 10.6. The quantitative estimate of drug-likeness (QED) is 0.339. The van der Waals surface area contributed by atoms with Crippen molar-refractivity contribution in [1.29, 1.82) is 0 Å². The second-order valence-electron chi connectivity index (χ2n) is 3.30. The molecule has 0 amide bonds. The van der Waals surface area contributed by atoms with Crippen LogP contribution in [0.3, 0.4) is 0 Å². The molecular weight excluding hydrogens is 280 g/mol.